The zero-order valence-corrected chi connectivity index (χ0v) is 18.3. The van der Waals surface area contributed by atoms with Crippen molar-refractivity contribution in [3.63, 3.8) is 0 Å². The molecule has 2 aromatic carbocycles. The maximum Gasteiger partial charge on any atom is 0.322 e. The summed E-state index contributed by atoms with van der Waals surface area (Å²) in [6, 6.07) is 15.2. The summed E-state index contributed by atoms with van der Waals surface area (Å²) < 4.78 is 6.19. The number of carbonyl (C=O) groups excluding carboxylic acids is 2. The van der Waals surface area contributed by atoms with Crippen LogP contribution in [-0.4, -0.2) is 48.0 Å². The van der Waals surface area contributed by atoms with Gasteiger partial charge in [0.1, 0.15) is 5.75 Å². The normalized spacial score (nSPS) is 14.4. The molecule has 1 aliphatic heterocycles. The molecule has 0 radical (unpaired) electrons. The molecule has 1 N–H and O–H groups in total. The molecule has 3 rings (SSSR count). The number of anilines is 1. The number of benzene rings is 2. The van der Waals surface area contributed by atoms with E-state index in [0.717, 1.165) is 34.3 Å². The van der Waals surface area contributed by atoms with Gasteiger partial charge in [-0.05, 0) is 54.8 Å². The molecule has 1 fully saturated rings. The fourth-order valence-electron chi connectivity index (χ4n) is 3.52. The predicted octanol–water partition coefficient (Wildman–Crippen LogP) is 4.50. The third kappa shape index (κ3) is 5.73. The highest BCUT2D eigenvalue weighted by Gasteiger charge is 2.29. The molecule has 0 spiro atoms. The van der Waals surface area contributed by atoms with E-state index in [1.807, 2.05) is 58.3 Å². The third-order valence-corrected chi connectivity index (χ3v) is 5.75. The summed E-state index contributed by atoms with van der Waals surface area (Å²) >= 11 is 3.41. The number of nitrogens with zero attached hydrogens (tertiary/aromatic N) is 2. The second-order valence-corrected chi connectivity index (χ2v) is 8.07. The van der Waals surface area contributed by atoms with Gasteiger partial charge in [-0.3, -0.25) is 4.79 Å². The number of likely N-dealkylation sites (tertiary alicyclic amines) is 1. The molecule has 0 aromatic heterocycles. The molecule has 2 aromatic rings. The van der Waals surface area contributed by atoms with Crippen LogP contribution in [0.2, 0.25) is 0 Å². The van der Waals surface area contributed by atoms with Gasteiger partial charge in [0.25, 0.3) is 0 Å². The monoisotopic (exact) mass is 459 g/mol. The van der Waals surface area contributed by atoms with E-state index < -0.39 is 0 Å². The van der Waals surface area contributed by atoms with Crippen molar-refractivity contribution in [1.82, 2.24) is 9.80 Å². The molecule has 0 unspecified atom stereocenters. The van der Waals surface area contributed by atoms with Crippen LogP contribution in [-0.2, 0) is 11.3 Å². The van der Waals surface area contributed by atoms with Gasteiger partial charge >= 0.3 is 6.03 Å². The molecule has 0 bridgehead atoms. The van der Waals surface area contributed by atoms with E-state index >= 15 is 0 Å². The van der Waals surface area contributed by atoms with E-state index in [9.17, 15) is 9.59 Å². The Labute approximate surface area is 180 Å². The summed E-state index contributed by atoms with van der Waals surface area (Å²) in [6.45, 7) is 3.43. The summed E-state index contributed by atoms with van der Waals surface area (Å²) in [4.78, 5) is 28.5. The van der Waals surface area contributed by atoms with Crippen molar-refractivity contribution in [1.29, 1.82) is 0 Å². The maximum atomic E-state index is 13.1. The fourth-order valence-corrected chi connectivity index (χ4v) is 3.78. The molecule has 1 heterocycles. The first kappa shape index (κ1) is 21.2. The largest absolute Gasteiger partial charge is 0.497 e. The van der Waals surface area contributed by atoms with Gasteiger partial charge in [-0.1, -0.05) is 28.1 Å². The smallest absolute Gasteiger partial charge is 0.322 e. The van der Waals surface area contributed by atoms with Gasteiger partial charge in [-0.25, -0.2) is 4.79 Å². The molecule has 3 amide bonds. The Morgan fingerprint density at radius 2 is 1.72 bits per heavy atom. The first-order valence-electron chi connectivity index (χ1n) is 9.68. The minimum Gasteiger partial charge on any atom is -0.497 e. The lowest BCUT2D eigenvalue weighted by atomic mass is 10.0. The fraction of sp³-hybridized carbons (Fsp3) is 0.364. The van der Waals surface area contributed by atoms with Crippen LogP contribution in [0.3, 0.4) is 0 Å². The number of urea groups is 1. The van der Waals surface area contributed by atoms with Gasteiger partial charge in [0.05, 0.1) is 7.11 Å². The lowest BCUT2D eigenvalue weighted by molar-refractivity contribution is -0.130. The van der Waals surface area contributed by atoms with Crippen LogP contribution in [0.25, 0.3) is 0 Å². The Balaban J connectivity index is 1.75. The zero-order valence-electron chi connectivity index (χ0n) is 16.7. The Morgan fingerprint density at radius 1 is 1.10 bits per heavy atom. The number of hydrogen-bond donors (Lipinski definition) is 1. The highest BCUT2D eigenvalue weighted by Crippen LogP contribution is 2.22. The summed E-state index contributed by atoms with van der Waals surface area (Å²) in [5.74, 6) is 0.874. The number of hydrogen-bond acceptors (Lipinski definition) is 3. The number of amides is 3. The van der Waals surface area contributed by atoms with Crippen LogP contribution in [0.4, 0.5) is 10.5 Å². The Kier molecular flexibility index (Phi) is 7.14. The summed E-state index contributed by atoms with van der Waals surface area (Å²) in [5.41, 5.74) is 1.78. The molecule has 7 heteroatoms. The van der Waals surface area contributed by atoms with Crippen LogP contribution < -0.4 is 10.1 Å². The van der Waals surface area contributed by atoms with Crippen LogP contribution in [0.15, 0.2) is 53.0 Å². The number of carbonyl (C=O) groups is 2. The molecule has 0 saturated carbocycles. The third-order valence-electron chi connectivity index (χ3n) is 5.22. The first-order chi connectivity index (χ1) is 14.0. The van der Waals surface area contributed by atoms with Gasteiger partial charge < -0.3 is 19.9 Å². The van der Waals surface area contributed by atoms with Gasteiger partial charge in [0, 0.05) is 42.8 Å². The van der Waals surface area contributed by atoms with E-state index in [4.69, 9.17) is 4.74 Å². The quantitative estimate of drug-likeness (QED) is 0.715. The lowest BCUT2D eigenvalue weighted by Crippen LogP contribution is -2.49. The summed E-state index contributed by atoms with van der Waals surface area (Å²) in [6.07, 6.45) is 1.53. The van der Waals surface area contributed by atoms with Gasteiger partial charge in [0.2, 0.25) is 5.91 Å². The van der Waals surface area contributed by atoms with E-state index in [-0.39, 0.29) is 18.0 Å². The Bertz CT molecular complexity index is 831. The number of nitrogens with one attached hydrogen (secondary N) is 1. The van der Waals surface area contributed by atoms with Crippen molar-refractivity contribution >= 4 is 33.6 Å². The van der Waals surface area contributed by atoms with E-state index in [2.05, 4.69) is 21.2 Å². The highest BCUT2D eigenvalue weighted by molar-refractivity contribution is 9.10. The lowest BCUT2D eigenvalue weighted by Gasteiger charge is -2.38. The molecule has 0 aliphatic carbocycles. The van der Waals surface area contributed by atoms with E-state index in [1.54, 1.807) is 14.0 Å². The molecular formula is C22H26BrN3O3. The molecule has 6 nitrogen and oxygen atoms in total. The number of piperidine rings is 1. The molecule has 0 atom stereocenters. The van der Waals surface area contributed by atoms with Crippen LogP contribution in [0.1, 0.15) is 25.3 Å². The molecule has 154 valence electrons. The van der Waals surface area contributed by atoms with Crippen molar-refractivity contribution in [2.75, 3.05) is 25.5 Å². The molecule has 1 aliphatic rings. The minimum atomic E-state index is -0.135. The predicted molar refractivity (Wildman–Crippen MR) is 117 cm³/mol. The second kappa shape index (κ2) is 9.78. The Morgan fingerprint density at radius 3 is 2.28 bits per heavy atom. The number of rotatable bonds is 5. The minimum absolute atomic E-state index is 0.0724. The SMILES string of the molecule is COc1ccc(CN(C(=O)Nc2ccc(Br)cc2)C2CCN(C(C)=O)CC2)cc1. The average molecular weight is 460 g/mol. The van der Waals surface area contributed by atoms with Crippen molar-refractivity contribution < 1.29 is 14.3 Å². The van der Waals surface area contributed by atoms with Crippen molar-refractivity contribution in [3.8, 4) is 5.75 Å². The number of methoxy groups -OCH3 is 1. The topological polar surface area (TPSA) is 61.9 Å². The van der Waals surface area contributed by atoms with E-state index in [0.29, 0.717) is 19.6 Å². The zero-order chi connectivity index (χ0) is 20.8. The van der Waals surface area contributed by atoms with Gasteiger partial charge in [0.15, 0.2) is 0 Å². The highest BCUT2D eigenvalue weighted by atomic mass is 79.9. The van der Waals surface area contributed by atoms with Crippen LogP contribution >= 0.6 is 15.9 Å². The van der Waals surface area contributed by atoms with Crippen LogP contribution in [0.5, 0.6) is 5.75 Å². The van der Waals surface area contributed by atoms with Crippen LogP contribution in [0, 0.1) is 0 Å². The van der Waals surface area contributed by atoms with Gasteiger partial charge in [-0.15, -0.1) is 0 Å². The molecular weight excluding hydrogens is 434 g/mol. The Hall–Kier alpha value is -2.54. The number of ether oxygens (including phenoxy) is 1. The molecule has 1 saturated heterocycles. The van der Waals surface area contributed by atoms with Crippen molar-refractivity contribution in [2.45, 2.75) is 32.4 Å². The standard InChI is InChI=1S/C22H26BrN3O3/c1-16(27)25-13-11-20(12-14-25)26(15-17-3-9-21(29-2)10-4-17)22(28)24-19-7-5-18(23)6-8-19/h3-10,20H,11-15H2,1-2H3,(H,24,28). The maximum absolute atomic E-state index is 13.1. The van der Waals surface area contributed by atoms with Gasteiger partial charge in [-0.2, -0.15) is 0 Å². The average Bonchev–Trinajstić information content (AvgIpc) is 2.74. The second-order valence-electron chi connectivity index (χ2n) is 7.15. The molecule has 29 heavy (non-hydrogen) atoms. The summed E-state index contributed by atoms with van der Waals surface area (Å²) in [7, 11) is 1.63. The van der Waals surface area contributed by atoms with Crippen molar-refractivity contribution in [3.05, 3.63) is 58.6 Å². The first-order valence-corrected chi connectivity index (χ1v) is 10.5. The number of halogens is 1. The van der Waals surface area contributed by atoms with Crippen molar-refractivity contribution in [2.24, 2.45) is 0 Å². The summed E-state index contributed by atoms with van der Waals surface area (Å²) in [5, 5.41) is 3.00. The van der Waals surface area contributed by atoms with E-state index in [1.165, 1.54) is 0 Å².